The molecule has 6 nitrogen and oxygen atoms in total. The summed E-state index contributed by atoms with van der Waals surface area (Å²) in [6.45, 7) is 0. The fourth-order valence-electron chi connectivity index (χ4n) is 3.89. The van der Waals surface area contributed by atoms with Gasteiger partial charge in [-0.3, -0.25) is 0 Å². The highest BCUT2D eigenvalue weighted by Gasteiger charge is 2.31. The number of hydrogen-bond acceptors (Lipinski definition) is 6. The van der Waals surface area contributed by atoms with Crippen molar-refractivity contribution in [2.75, 3.05) is 0 Å². The highest BCUT2D eigenvalue weighted by atomic mass is 16.5. The molecule has 1 atom stereocenters. The van der Waals surface area contributed by atoms with E-state index < -0.39 is 0 Å². The maximum Gasteiger partial charge on any atom is 0.258 e. The number of phenolic OH excluding ortho intramolecular Hbond substituents is 1. The van der Waals surface area contributed by atoms with Gasteiger partial charge in [0.1, 0.15) is 11.8 Å². The molecule has 3 aromatic rings. The Hall–Kier alpha value is -3.02. The van der Waals surface area contributed by atoms with E-state index >= 15 is 0 Å². The Morgan fingerprint density at radius 2 is 1.73 bits per heavy atom. The van der Waals surface area contributed by atoms with Crippen molar-refractivity contribution in [3.8, 4) is 28.6 Å². The van der Waals surface area contributed by atoms with Crippen LogP contribution < -0.4 is 0 Å². The first-order valence-corrected chi connectivity index (χ1v) is 8.96. The number of nitrogens with zero attached hydrogens (tertiary/aromatic N) is 4. The molecular formula is C20H18N4O2. The smallest absolute Gasteiger partial charge is 0.258 e. The van der Waals surface area contributed by atoms with Crippen LogP contribution in [0, 0.1) is 5.92 Å². The SMILES string of the molecule is Oc1ccc(-c2nc(-c3ccc4c(c3)N=NC4C3CCCC3)no2)cc1. The van der Waals surface area contributed by atoms with Crippen LogP contribution in [-0.4, -0.2) is 15.2 Å². The second-order valence-corrected chi connectivity index (χ2v) is 6.95. The van der Waals surface area contributed by atoms with E-state index in [1.54, 1.807) is 24.3 Å². The molecule has 26 heavy (non-hydrogen) atoms. The maximum atomic E-state index is 9.39. The molecular weight excluding hydrogens is 328 g/mol. The lowest BCUT2D eigenvalue weighted by Gasteiger charge is -2.15. The Labute approximate surface area is 150 Å². The highest BCUT2D eigenvalue weighted by Crippen LogP contribution is 2.46. The third-order valence-electron chi connectivity index (χ3n) is 5.28. The number of aromatic hydroxyl groups is 1. The summed E-state index contributed by atoms with van der Waals surface area (Å²) in [5.41, 5.74) is 3.76. The van der Waals surface area contributed by atoms with Gasteiger partial charge in [-0.15, -0.1) is 0 Å². The number of benzene rings is 2. The van der Waals surface area contributed by atoms with E-state index in [0.717, 1.165) is 16.8 Å². The van der Waals surface area contributed by atoms with Crippen molar-refractivity contribution >= 4 is 5.69 Å². The normalized spacial score (nSPS) is 19.2. The molecule has 0 radical (unpaired) electrons. The molecule has 1 unspecified atom stereocenters. The zero-order valence-electron chi connectivity index (χ0n) is 14.2. The third-order valence-corrected chi connectivity index (χ3v) is 5.28. The van der Waals surface area contributed by atoms with Crippen LogP contribution in [0.2, 0.25) is 0 Å². The molecule has 2 aliphatic rings. The van der Waals surface area contributed by atoms with Crippen molar-refractivity contribution in [2.45, 2.75) is 31.7 Å². The second kappa shape index (κ2) is 6.05. The molecule has 2 heterocycles. The van der Waals surface area contributed by atoms with Crippen LogP contribution in [0.4, 0.5) is 5.69 Å². The molecule has 0 amide bonds. The summed E-state index contributed by atoms with van der Waals surface area (Å²) < 4.78 is 5.37. The van der Waals surface area contributed by atoms with Gasteiger partial charge in [0, 0.05) is 16.7 Å². The first-order valence-electron chi connectivity index (χ1n) is 8.96. The Morgan fingerprint density at radius 1 is 0.962 bits per heavy atom. The molecule has 2 aromatic carbocycles. The van der Waals surface area contributed by atoms with Gasteiger partial charge in [-0.05, 0) is 49.1 Å². The minimum atomic E-state index is 0.203. The van der Waals surface area contributed by atoms with Gasteiger partial charge in [0.05, 0.1) is 5.69 Å². The Kier molecular flexibility index (Phi) is 3.55. The molecule has 5 rings (SSSR count). The monoisotopic (exact) mass is 346 g/mol. The maximum absolute atomic E-state index is 9.39. The van der Waals surface area contributed by atoms with Crippen molar-refractivity contribution in [3.05, 3.63) is 48.0 Å². The molecule has 1 N–H and O–H groups in total. The van der Waals surface area contributed by atoms with Gasteiger partial charge in [-0.1, -0.05) is 30.1 Å². The minimum absolute atomic E-state index is 0.203. The molecule has 0 spiro atoms. The largest absolute Gasteiger partial charge is 0.508 e. The van der Waals surface area contributed by atoms with Gasteiger partial charge in [0.25, 0.3) is 5.89 Å². The van der Waals surface area contributed by atoms with Gasteiger partial charge in [-0.2, -0.15) is 15.2 Å². The third kappa shape index (κ3) is 2.58. The van der Waals surface area contributed by atoms with Crippen molar-refractivity contribution in [2.24, 2.45) is 16.1 Å². The molecule has 0 bridgehead atoms. The van der Waals surface area contributed by atoms with Crippen molar-refractivity contribution in [1.29, 1.82) is 0 Å². The summed E-state index contributed by atoms with van der Waals surface area (Å²) in [7, 11) is 0. The Balaban J connectivity index is 1.43. The van der Waals surface area contributed by atoms with Crippen LogP contribution in [0.5, 0.6) is 5.75 Å². The number of phenols is 1. The summed E-state index contributed by atoms with van der Waals surface area (Å²) >= 11 is 0. The quantitative estimate of drug-likeness (QED) is 0.684. The first kappa shape index (κ1) is 15.3. The number of aromatic nitrogens is 2. The molecule has 1 aliphatic carbocycles. The standard InChI is InChI=1S/C20H18N4O2/c25-15-8-5-13(6-9-15)20-21-19(24-26-20)14-7-10-16-17(11-14)22-23-18(16)12-3-1-2-4-12/h5-12,18,25H,1-4H2. The molecule has 1 aromatic heterocycles. The summed E-state index contributed by atoms with van der Waals surface area (Å²) in [4.78, 5) is 4.47. The molecule has 1 aliphatic heterocycles. The average molecular weight is 346 g/mol. The fraction of sp³-hybridized carbons (Fsp3) is 0.300. The van der Waals surface area contributed by atoms with E-state index in [-0.39, 0.29) is 11.8 Å². The van der Waals surface area contributed by atoms with E-state index in [0.29, 0.717) is 17.6 Å². The first-order chi connectivity index (χ1) is 12.8. The van der Waals surface area contributed by atoms with Crippen LogP contribution in [-0.2, 0) is 0 Å². The zero-order valence-corrected chi connectivity index (χ0v) is 14.2. The summed E-state index contributed by atoms with van der Waals surface area (Å²) in [6.07, 6.45) is 5.08. The van der Waals surface area contributed by atoms with Crippen LogP contribution >= 0.6 is 0 Å². The minimum Gasteiger partial charge on any atom is -0.508 e. The molecule has 130 valence electrons. The Morgan fingerprint density at radius 3 is 2.54 bits per heavy atom. The van der Waals surface area contributed by atoms with Gasteiger partial charge in [0.2, 0.25) is 5.82 Å². The topological polar surface area (TPSA) is 83.9 Å². The zero-order chi connectivity index (χ0) is 17.5. The van der Waals surface area contributed by atoms with Crippen LogP contribution in [0.3, 0.4) is 0 Å². The number of hydrogen-bond donors (Lipinski definition) is 1. The van der Waals surface area contributed by atoms with Gasteiger partial charge >= 0.3 is 0 Å². The number of rotatable bonds is 3. The van der Waals surface area contributed by atoms with Crippen LogP contribution in [0.15, 0.2) is 57.2 Å². The van der Waals surface area contributed by atoms with Crippen molar-refractivity contribution in [1.82, 2.24) is 10.1 Å². The van der Waals surface area contributed by atoms with E-state index in [4.69, 9.17) is 4.52 Å². The van der Waals surface area contributed by atoms with Gasteiger partial charge in [0.15, 0.2) is 0 Å². The lowest BCUT2D eigenvalue weighted by atomic mass is 9.91. The summed E-state index contributed by atoms with van der Waals surface area (Å²) in [6, 6.07) is 13.0. The highest BCUT2D eigenvalue weighted by molar-refractivity contribution is 5.66. The van der Waals surface area contributed by atoms with E-state index in [1.165, 1.54) is 31.2 Å². The van der Waals surface area contributed by atoms with Crippen molar-refractivity contribution < 1.29 is 9.63 Å². The van der Waals surface area contributed by atoms with E-state index in [1.807, 2.05) is 12.1 Å². The van der Waals surface area contributed by atoms with Gasteiger partial charge < -0.3 is 9.63 Å². The van der Waals surface area contributed by atoms with Crippen molar-refractivity contribution in [3.63, 3.8) is 0 Å². The van der Waals surface area contributed by atoms with Crippen LogP contribution in [0.25, 0.3) is 22.8 Å². The molecule has 1 fully saturated rings. The average Bonchev–Trinajstić information content (AvgIpc) is 3.41. The second-order valence-electron chi connectivity index (χ2n) is 6.95. The summed E-state index contributed by atoms with van der Waals surface area (Å²) in [5, 5.41) is 22.4. The molecule has 0 saturated heterocycles. The molecule has 1 saturated carbocycles. The summed E-state index contributed by atoms with van der Waals surface area (Å²) in [5.74, 6) is 1.77. The Bertz CT molecular complexity index is 972. The number of azo groups is 1. The van der Waals surface area contributed by atoms with E-state index in [2.05, 4.69) is 26.4 Å². The fourth-order valence-corrected chi connectivity index (χ4v) is 3.89. The van der Waals surface area contributed by atoms with Gasteiger partial charge in [-0.25, -0.2) is 0 Å². The van der Waals surface area contributed by atoms with Crippen LogP contribution in [0.1, 0.15) is 37.3 Å². The lowest BCUT2D eigenvalue weighted by molar-refractivity contribution is 0.432. The molecule has 6 heteroatoms. The number of fused-ring (bicyclic) bond motifs is 1. The predicted octanol–water partition coefficient (Wildman–Crippen LogP) is 5.44. The van der Waals surface area contributed by atoms with E-state index in [9.17, 15) is 5.11 Å². The lowest BCUT2D eigenvalue weighted by Crippen LogP contribution is -2.04. The predicted molar refractivity (Wildman–Crippen MR) is 96.0 cm³/mol.